The summed E-state index contributed by atoms with van der Waals surface area (Å²) in [5.74, 6) is 7.34. The Morgan fingerprint density at radius 2 is 1.46 bits per heavy atom. The van der Waals surface area contributed by atoms with E-state index in [4.69, 9.17) is 10.6 Å². The molecule has 1 saturated heterocycles. The molecule has 144 valence electrons. The van der Waals surface area contributed by atoms with Crippen LogP contribution in [0.1, 0.15) is 24.8 Å². The Balaban J connectivity index is 1.47. The lowest BCUT2D eigenvalue weighted by atomic mass is 10.1. The summed E-state index contributed by atoms with van der Waals surface area (Å²) in [7, 11) is 0. The minimum absolute atomic E-state index is 0.560. The fourth-order valence-corrected chi connectivity index (χ4v) is 3.65. The third-order valence-electron chi connectivity index (χ3n) is 5.20. The molecule has 1 heterocycles. The maximum atomic E-state index is 6.50. The lowest BCUT2D eigenvalue weighted by Crippen LogP contribution is -2.33. The van der Waals surface area contributed by atoms with E-state index < -0.39 is 0 Å². The molecular weight excluding hydrogens is 346 g/mol. The summed E-state index contributed by atoms with van der Waals surface area (Å²) in [5.41, 5.74) is 4.33. The highest BCUT2D eigenvalue weighted by atomic mass is 16.5. The van der Waals surface area contributed by atoms with Gasteiger partial charge in [-0.1, -0.05) is 42.5 Å². The molecule has 0 unspecified atom stereocenters. The number of hydrazine groups is 1. The van der Waals surface area contributed by atoms with Gasteiger partial charge in [-0.05, 0) is 61.2 Å². The van der Waals surface area contributed by atoms with Gasteiger partial charge in [0.15, 0.2) is 0 Å². The molecule has 1 aliphatic heterocycles. The number of rotatable bonds is 6. The molecule has 4 nitrogen and oxygen atoms in total. The van der Waals surface area contributed by atoms with Gasteiger partial charge in [0.25, 0.3) is 0 Å². The highest BCUT2D eigenvalue weighted by molar-refractivity contribution is 5.76. The van der Waals surface area contributed by atoms with Gasteiger partial charge in [-0.25, -0.2) is 5.84 Å². The second-order valence-electron chi connectivity index (χ2n) is 7.17. The van der Waals surface area contributed by atoms with Crippen LogP contribution in [0.4, 0.5) is 17.1 Å². The number of ether oxygens (including phenoxy) is 1. The number of hydrogen-bond donors (Lipinski definition) is 1. The van der Waals surface area contributed by atoms with Gasteiger partial charge in [0, 0.05) is 13.1 Å². The quantitative estimate of drug-likeness (QED) is 0.472. The highest BCUT2D eigenvalue weighted by Crippen LogP contribution is 2.34. The fourth-order valence-electron chi connectivity index (χ4n) is 3.65. The van der Waals surface area contributed by atoms with Gasteiger partial charge in [0.05, 0.1) is 17.1 Å². The first-order valence-electron chi connectivity index (χ1n) is 9.97. The van der Waals surface area contributed by atoms with Crippen molar-refractivity contribution in [2.75, 3.05) is 23.0 Å². The lowest BCUT2D eigenvalue weighted by molar-refractivity contribution is 0.306. The highest BCUT2D eigenvalue weighted by Gasteiger charge is 2.17. The summed E-state index contributed by atoms with van der Waals surface area (Å²) in [6.07, 6.45) is 3.80. The van der Waals surface area contributed by atoms with Crippen LogP contribution in [0.5, 0.6) is 5.75 Å². The molecule has 0 aliphatic carbocycles. The van der Waals surface area contributed by atoms with Crippen LogP contribution >= 0.6 is 0 Å². The zero-order chi connectivity index (χ0) is 19.2. The maximum Gasteiger partial charge on any atom is 0.119 e. The minimum Gasteiger partial charge on any atom is -0.489 e. The van der Waals surface area contributed by atoms with Crippen molar-refractivity contribution in [3.8, 4) is 5.75 Å². The summed E-state index contributed by atoms with van der Waals surface area (Å²) in [6, 6.07) is 26.5. The van der Waals surface area contributed by atoms with Crippen LogP contribution in [-0.2, 0) is 6.61 Å². The Morgan fingerprint density at radius 3 is 2.21 bits per heavy atom. The predicted molar refractivity (Wildman–Crippen MR) is 116 cm³/mol. The van der Waals surface area contributed by atoms with Gasteiger partial charge in [0.2, 0.25) is 0 Å². The van der Waals surface area contributed by atoms with Crippen LogP contribution in [0, 0.1) is 0 Å². The van der Waals surface area contributed by atoms with Gasteiger partial charge < -0.3 is 9.64 Å². The van der Waals surface area contributed by atoms with E-state index in [2.05, 4.69) is 35.2 Å². The molecule has 0 spiro atoms. The van der Waals surface area contributed by atoms with Crippen LogP contribution in [-0.4, -0.2) is 13.1 Å². The van der Waals surface area contributed by atoms with Crippen LogP contribution in [0.15, 0.2) is 78.9 Å². The normalized spacial score (nSPS) is 14.0. The second-order valence-corrected chi connectivity index (χ2v) is 7.17. The molecule has 3 aromatic rings. The van der Waals surface area contributed by atoms with Crippen LogP contribution in [0.3, 0.4) is 0 Å². The van der Waals surface area contributed by atoms with E-state index in [0.29, 0.717) is 6.61 Å². The molecule has 2 N–H and O–H groups in total. The van der Waals surface area contributed by atoms with Crippen molar-refractivity contribution >= 4 is 17.1 Å². The number of benzene rings is 3. The Morgan fingerprint density at radius 1 is 0.786 bits per heavy atom. The van der Waals surface area contributed by atoms with E-state index in [1.165, 1.54) is 24.9 Å². The van der Waals surface area contributed by atoms with E-state index in [-0.39, 0.29) is 0 Å². The zero-order valence-electron chi connectivity index (χ0n) is 16.1. The molecule has 4 rings (SSSR count). The lowest BCUT2D eigenvalue weighted by Gasteiger charge is -2.32. The van der Waals surface area contributed by atoms with Gasteiger partial charge in [-0.2, -0.15) is 0 Å². The molecule has 1 fully saturated rings. The molecule has 0 saturated carbocycles. The van der Waals surface area contributed by atoms with Crippen molar-refractivity contribution in [1.29, 1.82) is 0 Å². The number of nitrogens with two attached hydrogens (primary N) is 1. The molecule has 28 heavy (non-hydrogen) atoms. The van der Waals surface area contributed by atoms with Gasteiger partial charge in [-0.15, -0.1) is 0 Å². The fraction of sp³-hybridized carbons (Fsp3) is 0.250. The Hall–Kier alpha value is -2.98. The first-order chi connectivity index (χ1) is 13.8. The Bertz CT molecular complexity index is 874. The van der Waals surface area contributed by atoms with E-state index in [1.54, 1.807) is 5.01 Å². The summed E-state index contributed by atoms with van der Waals surface area (Å²) < 4.78 is 5.88. The van der Waals surface area contributed by atoms with Crippen molar-refractivity contribution in [1.82, 2.24) is 0 Å². The van der Waals surface area contributed by atoms with Crippen molar-refractivity contribution < 1.29 is 4.74 Å². The van der Waals surface area contributed by atoms with Gasteiger partial charge >= 0.3 is 0 Å². The maximum absolute atomic E-state index is 6.50. The van der Waals surface area contributed by atoms with E-state index in [0.717, 1.165) is 35.8 Å². The van der Waals surface area contributed by atoms with Crippen molar-refractivity contribution in [3.05, 3.63) is 84.4 Å². The number of hydrogen-bond acceptors (Lipinski definition) is 4. The minimum atomic E-state index is 0.560. The Labute approximate surface area is 167 Å². The van der Waals surface area contributed by atoms with E-state index in [9.17, 15) is 0 Å². The number of anilines is 3. The molecule has 3 aromatic carbocycles. The largest absolute Gasteiger partial charge is 0.489 e. The number of para-hydroxylation sites is 2. The van der Waals surface area contributed by atoms with Crippen LogP contribution in [0.2, 0.25) is 0 Å². The average Bonchev–Trinajstić information content (AvgIpc) is 2.79. The summed E-state index contributed by atoms with van der Waals surface area (Å²) in [4.78, 5) is 2.44. The first kappa shape index (κ1) is 18.4. The third kappa shape index (κ3) is 4.29. The van der Waals surface area contributed by atoms with Crippen molar-refractivity contribution in [3.63, 3.8) is 0 Å². The number of piperidine rings is 1. The van der Waals surface area contributed by atoms with E-state index in [1.807, 2.05) is 48.5 Å². The second kappa shape index (κ2) is 8.81. The van der Waals surface area contributed by atoms with Gasteiger partial charge in [-0.3, -0.25) is 5.01 Å². The number of nitrogens with zero attached hydrogens (tertiary/aromatic N) is 2. The first-order valence-corrected chi connectivity index (χ1v) is 9.97. The Kier molecular flexibility index (Phi) is 5.78. The monoisotopic (exact) mass is 373 g/mol. The van der Waals surface area contributed by atoms with Crippen molar-refractivity contribution in [2.45, 2.75) is 25.9 Å². The topological polar surface area (TPSA) is 41.7 Å². The van der Waals surface area contributed by atoms with Crippen LogP contribution < -0.4 is 20.5 Å². The molecule has 0 bridgehead atoms. The summed E-state index contributed by atoms with van der Waals surface area (Å²) >= 11 is 0. The standard InChI is InChI=1S/C24H27N3O/c25-27(24-12-6-5-11-23(24)26-17-7-2-8-18-26)21-13-15-22(16-14-21)28-19-20-9-3-1-4-10-20/h1,3-6,9-16H,2,7-8,17-19,25H2. The molecule has 4 heteroatoms. The van der Waals surface area contributed by atoms with Gasteiger partial charge in [0.1, 0.15) is 12.4 Å². The molecular formula is C24H27N3O. The SMILES string of the molecule is NN(c1ccc(OCc2ccccc2)cc1)c1ccccc1N1CCCCC1. The summed E-state index contributed by atoms with van der Waals surface area (Å²) in [6.45, 7) is 2.75. The van der Waals surface area contributed by atoms with Crippen LogP contribution in [0.25, 0.3) is 0 Å². The molecule has 0 atom stereocenters. The third-order valence-corrected chi connectivity index (χ3v) is 5.20. The smallest absolute Gasteiger partial charge is 0.119 e. The zero-order valence-corrected chi connectivity index (χ0v) is 16.1. The average molecular weight is 374 g/mol. The van der Waals surface area contributed by atoms with E-state index >= 15 is 0 Å². The molecule has 1 aliphatic rings. The predicted octanol–water partition coefficient (Wildman–Crippen LogP) is 5.27. The molecule has 0 aromatic heterocycles. The molecule has 0 radical (unpaired) electrons. The van der Waals surface area contributed by atoms with Crippen molar-refractivity contribution in [2.24, 2.45) is 5.84 Å². The summed E-state index contributed by atoms with van der Waals surface area (Å²) in [5, 5.41) is 1.77. The molecule has 0 amide bonds.